The quantitative estimate of drug-likeness (QED) is 0.705. The molecule has 114 valence electrons. The van der Waals surface area contributed by atoms with Crippen LogP contribution in [-0.2, 0) is 11.3 Å². The van der Waals surface area contributed by atoms with Gasteiger partial charge in [0, 0.05) is 32.9 Å². The number of nitrogens with zero attached hydrogens (tertiary/aromatic N) is 2. The van der Waals surface area contributed by atoms with E-state index < -0.39 is 0 Å². The maximum Gasteiger partial charge on any atom is 0.128 e. The molecule has 0 fully saturated rings. The molecule has 1 aromatic heterocycles. The molecule has 1 aromatic rings. The second-order valence-electron chi connectivity index (χ2n) is 5.50. The lowest BCUT2D eigenvalue weighted by Gasteiger charge is -2.20. The summed E-state index contributed by atoms with van der Waals surface area (Å²) in [4.78, 5) is 6.91. The Balaban J connectivity index is 2.86. The summed E-state index contributed by atoms with van der Waals surface area (Å²) in [5.41, 5.74) is 2.46. The Kier molecular flexibility index (Phi) is 7.55. The Morgan fingerprint density at radius 3 is 2.70 bits per heavy atom. The number of anilines is 1. The molecule has 0 aliphatic rings. The van der Waals surface area contributed by atoms with Crippen molar-refractivity contribution in [2.24, 2.45) is 0 Å². The maximum absolute atomic E-state index is 5.14. The molecule has 0 bridgehead atoms. The van der Waals surface area contributed by atoms with E-state index in [0.717, 1.165) is 37.6 Å². The third-order valence-electron chi connectivity index (χ3n) is 3.26. The summed E-state index contributed by atoms with van der Waals surface area (Å²) in [5.74, 6) is 1.47. The summed E-state index contributed by atoms with van der Waals surface area (Å²) >= 11 is 0. The summed E-state index contributed by atoms with van der Waals surface area (Å²) in [6.45, 7) is 10.1. The number of likely N-dealkylation sites (N-methyl/N-ethyl adjacent to an activating group) is 1. The van der Waals surface area contributed by atoms with Crippen LogP contribution < -0.4 is 10.2 Å². The van der Waals surface area contributed by atoms with Gasteiger partial charge in [0.05, 0.1) is 6.61 Å². The van der Waals surface area contributed by atoms with Crippen molar-refractivity contribution in [1.29, 1.82) is 0 Å². The second kappa shape index (κ2) is 8.93. The summed E-state index contributed by atoms with van der Waals surface area (Å²) in [6.07, 6.45) is 1.16. The topological polar surface area (TPSA) is 37.4 Å². The van der Waals surface area contributed by atoms with Crippen LogP contribution in [0.4, 0.5) is 5.82 Å². The third kappa shape index (κ3) is 5.47. The molecule has 0 spiro atoms. The van der Waals surface area contributed by atoms with Crippen LogP contribution in [0.25, 0.3) is 0 Å². The largest absolute Gasteiger partial charge is 0.383 e. The van der Waals surface area contributed by atoms with Crippen LogP contribution in [0.2, 0.25) is 0 Å². The van der Waals surface area contributed by atoms with Gasteiger partial charge < -0.3 is 15.0 Å². The van der Waals surface area contributed by atoms with Crippen LogP contribution in [-0.4, -0.2) is 38.8 Å². The van der Waals surface area contributed by atoms with Gasteiger partial charge >= 0.3 is 0 Å². The van der Waals surface area contributed by atoms with Gasteiger partial charge in [0.15, 0.2) is 0 Å². The van der Waals surface area contributed by atoms with Crippen LogP contribution in [0, 0.1) is 0 Å². The first kappa shape index (κ1) is 16.9. The average Bonchev–Trinajstić information content (AvgIpc) is 2.44. The molecule has 4 heteroatoms. The maximum atomic E-state index is 5.14. The zero-order valence-corrected chi connectivity index (χ0v) is 13.6. The van der Waals surface area contributed by atoms with Gasteiger partial charge in [-0.3, -0.25) is 0 Å². The molecule has 0 aliphatic heterocycles. The van der Waals surface area contributed by atoms with Crippen LogP contribution in [0.1, 0.15) is 44.4 Å². The molecule has 1 heterocycles. The van der Waals surface area contributed by atoms with Crippen molar-refractivity contribution in [2.75, 3.05) is 38.8 Å². The van der Waals surface area contributed by atoms with Gasteiger partial charge in [0.1, 0.15) is 5.82 Å². The lowest BCUT2D eigenvalue weighted by molar-refractivity contribution is 0.206. The predicted molar refractivity (Wildman–Crippen MR) is 85.5 cm³/mol. The SMILES string of the molecule is CCCNCc1cc(C(C)C)nc(N(C)CCOC)c1. The van der Waals surface area contributed by atoms with E-state index >= 15 is 0 Å². The van der Waals surface area contributed by atoms with Crippen molar-refractivity contribution < 1.29 is 4.74 Å². The second-order valence-corrected chi connectivity index (χ2v) is 5.50. The van der Waals surface area contributed by atoms with Crippen molar-refractivity contribution in [3.8, 4) is 0 Å². The molecule has 0 saturated carbocycles. The Hall–Kier alpha value is -1.13. The number of methoxy groups -OCH3 is 1. The van der Waals surface area contributed by atoms with Crippen LogP contribution >= 0.6 is 0 Å². The molecule has 1 rings (SSSR count). The fourth-order valence-corrected chi connectivity index (χ4v) is 1.94. The molecule has 20 heavy (non-hydrogen) atoms. The first-order valence-electron chi connectivity index (χ1n) is 7.50. The zero-order valence-electron chi connectivity index (χ0n) is 13.6. The van der Waals surface area contributed by atoms with E-state index in [4.69, 9.17) is 9.72 Å². The van der Waals surface area contributed by atoms with Gasteiger partial charge in [-0.25, -0.2) is 4.98 Å². The highest BCUT2D eigenvalue weighted by atomic mass is 16.5. The van der Waals surface area contributed by atoms with Crippen LogP contribution in [0.15, 0.2) is 12.1 Å². The standard InChI is InChI=1S/C16H29N3O/c1-6-7-17-12-14-10-15(13(2)3)18-16(11-14)19(4)8-9-20-5/h10-11,13,17H,6-9,12H2,1-5H3. The van der Waals surface area contributed by atoms with Crippen molar-refractivity contribution in [3.05, 3.63) is 23.4 Å². The average molecular weight is 279 g/mol. The predicted octanol–water partition coefficient (Wildman–Crippen LogP) is 2.79. The Bertz CT molecular complexity index is 393. The molecule has 4 nitrogen and oxygen atoms in total. The zero-order chi connectivity index (χ0) is 15.0. The monoisotopic (exact) mass is 279 g/mol. The molecule has 0 aromatic carbocycles. The molecule has 0 unspecified atom stereocenters. The molecular weight excluding hydrogens is 250 g/mol. The van der Waals surface area contributed by atoms with E-state index in [1.54, 1.807) is 7.11 Å². The minimum absolute atomic E-state index is 0.440. The van der Waals surface area contributed by atoms with Gasteiger partial charge in [-0.1, -0.05) is 20.8 Å². The minimum atomic E-state index is 0.440. The smallest absolute Gasteiger partial charge is 0.128 e. The van der Waals surface area contributed by atoms with Crippen molar-refractivity contribution in [3.63, 3.8) is 0 Å². The molecule has 0 aliphatic carbocycles. The van der Waals surface area contributed by atoms with Crippen molar-refractivity contribution in [1.82, 2.24) is 10.3 Å². The molecule has 0 radical (unpaired) electrons. The van der Waals surface area contributed by atoms with Gasteiger partial charge in [-0.15, -0.1) is 0 Å². The van der Waals surface area contributed by atoms with Crippen molar-refractivity contribution in [2.45, 2.75) is 39.7 Å². The highest BCUT2D eigenvalue weighted by Gasteiger charge is 2.09. The Labute approximate surface area is 123 Å². The van der Waals surface area contributed by atoms with E-state index in [9.17, 15) is 0 Å². The highest BCUT2D eigenvalue weighted by molar-refractivity contribution is 5.42. The van der Waals surface area contributed by atoms with Gasteiger partial charge in [-0.05, 0) is 36.6 Å². The summed E-state index contributed by atoms with van der Waals surface area (Å²) in [6, 6.07) is 4.38. The Morgan fingerprint density at radius 2 is 2.10 bits per heavy atom. The minimum Gasteiger partial charge on any atom is -0.383 e. The lowest BCUT2D eigenvalue weighted by Crippen LogP contribution is -2.24. The molecular formula is C16H29N3O. The highest BCUT2D eigenvalue weighted by Crippen LogP contribution is 2.19. The summed E-state index contributed by atoms with van der Waals surface area (Å²) < 4.78 is 5.14. The molecule has 1 N–H and O–H groups in total. The molecule has 0 amide bonds. The number of hydrogen-bond donors (Lipinski definition) is 1. The van der Waals surface area contributed by atoms with E-state index in [1.165, 1.54) is 5.56 Å². The fourth-order valence-electron chi connectivity index (χ4n) is 1.94. The van der Waals surface area contributed by atoms with E-state index in [1.807, 2.05) is 0 Å². The fraction of sp³-hybridized carbons (Fsp3) is 0.688. The molecule has 0 saturated heterocycles. The number of hydrogen-bond acceptors (Lipinski definition) is 4. The number of ether oxygens (including phenoxy) is 1. The van der Waals surface area contributed by atoms with E-state index in [0.29, 0.717) is 12.5 Å². The first-order valence-corrected chi connectivity index (χ1v) is 7.50. The number of rotatable bonds is 9. The van der Waals surface area contributed by atoms with Crippen LogP contribution in [0.3, 0.4) is 0 Å². The van der Waals surface area contributed by atoms with E-state index in [-0.39, 0.29) is 0 Å². The first-order chi connectivity index (χ1) is 9.58. The number of aromatic nitrogens is 1. The third-order valence-corrected chi connectivity index (χ3v) is 3.26. The van der Waals surface area contributed by atoms with Gasteiger partial charge in [-0.2, -0.15) is 0 Å². The molecule has 0 atom stereocenters. The summed E-state index contributed by atoms with van der Waals surface area (Å²) in [5, 5.41) is 3.46. The van der Waals surface area contributed by atoms with Crippen molar-refractivity contribution >= 4 is 5.82 Å². The Morgan fingerprint density at radius 1 is 1.35 bits per heavy atom. The number of pyridine rings is 1. The normalized spacial score (nSPS) is 11.1. The number of nitrogens with one attached hydrogen (secondary N) is 1. The van der Waals surface area contributed by atoms with E-state index in [2.05, 4.69) is 50.2 Å². The van der Waals surface area contributed by atoms with Crippen LogP contribution in [0.5, 0.6) is 0 Å². The van der Waals surface area contributed by atoms with Gasteiger partial charge in [0.25, 0.3) is 0 Å². The summed E-state index contributed by atoms with van der Waals surface area (Å²) in [7, 11) is 3.79. The lowest BCUT2D eigenvalue weighted by atomic mass is 10.1. The van der Waals surface area contributed by atoms with Gasteiger partial charge in [0.2, 0.25) is 0 Å².